The Hall–Kier alpha value is -0.340. The second-order valence-electron chi connectivity index (χ2n) is 3.68. The summed E-state index contributed by atoms with van der Waals surface area (Å²) in [4.78, 5) is 0. The first kappa shape index (κ1) is 9.75. The van der Waals surface area contributed by atoms with Gasteiger partial charge in [0.15, 0.2) is 6.29 Å². The maximum atomic E-state index is 9.06. The first-order valence-electron chi connectivity index (χ1n) is 4.59. The maximum absolute atomic E-state index is 9.06. The van der Waals surface area contributed by atoms with Gasteiger partial charge in [-0.15, -0.1) is 6.58 Å². The van der Waals surface area contributed by atoms with Gasteiger partial charge in [0.2, 0.25) is 0 Å². The molecule has 0 saturated heterocycles. The van der Waals surface area contributed by atoms with Crippen LogP contribution in [0.3, 0.4) is 0 Å². The summed E-state index contributed by atoms with van der Waals surface area (Å²) in [6, 6.07) is 0. The molecular formula is C10H18O2. The first-order chi connectivity index (χ1) is 5.65. The van der Waals surface area contributed by atoms with Crippen LogP contribution < -0.4 is 0 Å². The Balaban J connectivity index is 2.33. The summed E-state index contributed by atoms with van der Waals surface area (Å²) in [6.45, 7) is 7.55. The Kier molecular flexibility index (Phi) is 3.29. The SMILES string of the molecule is C=CCC(OC(C)O)[C@@H]1C[C@H]1C. The zero-order chi connectivity index (χ0) is 9.14. The largest absolute Gasteiger partial charge is 0.368 e. The summed E-state index contributed by atoms with van der Waals surface area (Å²) in [6.07, 6.45) is 3.46. The van der Waals surface area contributed by atoms with Crippen LogP contribution in [0, 0.1) is 11.8 Å². The molecule has 0 aromatic heterocycles. The van der Waals surface area contributed by atoms with Crippen LogP contribution in [-0.2, 0) is 4.74 Å². The molecule has 1 rings (SSSR count). The van der Waals surface area contributed by atoms with Gasteiger partial charge in [-0.05, 0) is 31.6 Å². The molecule has 0 heterocycles. The van der Waals surface area contributed by atoms with Gasteiger partial charge < -0.3 is 9.84 Å². The van der Waals surface area contributed by atoms with E-state index in [1.54, 1.807) is 6.92 Å². The normalized spacial score (nSPS) is 32.6. The Labute approximate surface area is 74.2 Å². The lowest BCUT2D eigenvalue weighted by atomic mass is 10.1. The van der Waals surface area contributed by atoms with Crippen LogP contribution in [0.15, 0.2) is 12.7 Å². The molecular weight excluding hydrogens is 152 g/mol. The second kappa shape index (κ2) is 4.06. The fraction of sp³-hybridized carbons (Fsp3) is 0.800. The van der Waals surface area contributed by atoms with E-state index < -0.39 is 6.29 Å². The van der Waals surface area contributed by atoms with Gasteiger partial charge in [-0.25, -0.2) is 0 Å². The van der Waals surface area contributed by atoms with Gasteiger partial charge in [0.25, 0.3) is 0 Å². The summed E-state index contributed by atoms with van der Waals surface area (Å²) in [5.74, 6) is 1.39. The van der Waals surface area contributed by atoms with Crippen molar-refractivity contribution in [1.82, 2.24) is 0 Å². The molecule has 0 aromatic rings. The van der Waals surface area contributed by atoms with Gasteiger partial charge in [0.1, 0.15) is 0 Å². The molecule has 0 bridgehead atoms. The molecule has 1 saturated carbocycles. The minimum absolute atomic E-state index is 0.178. The minimum Gasteiger partial charge on any atom is -0.368 e. The van der Waals surface area contributed by atoms with Crippen LogP contribution in [0.5, 0.6) is 0 Å². The van der Waals surface area contributed by atoms with E-state index in [2.05, 4.69) is 13.5 Å². The molecule has 0 aliphatic heterocycles. The average molecular weight is 170 g/mol. The fourth-order valence-electron chi connectivity index (χ4n) is 1.62. The zero-order valence-corrected chi connectivity index (χ0v) is 7.86. The summed E-state index contributed by atoms with van der Waals surface area (Å²) in [5, 5.41) is 9.06. The summed E-state index contributed by atoms with van der Waals surface area (Å²) in [7, 11) is 0. The number of aliphatic hydroxyl groups excluding tert-OH is 1. The van der Waals surface area contributed by atoms with Crippen molar-refractivity contribution in [2.75, 3.05) is 0 Å². The highest BCUT2D eigenvalue weighted by Crippen LogP contribution is 2.43. The van der Waals surface area contributed by atoms with Crippen molar-refractivity contribution < 1.29 is 9.84 Å². The molecule has 2 unspecified atom stereocenters. The molecule has 4 atom stereocenters. The quantitative estimate of drug-likeness (QED) is 0.504. The lowest BCUT2D eigenvalue weighted by molar-refractivity contribution is -0.129. The van der Waals surface area contributed by atoms with Crippen molar-refractivity contribution in [3.8, 4) is 0 Å². The molecule has 2 nitrogen and oxygen atoms in total. The Bertz CT molecular complexity index is 154. The first-order valence-corrected chi connectivity index (χ1v) is 4.59. The minimum atomic E-state index is -0.650. The number of aliphatic hydroxyl groups is 1. The van der Waals surface area contributed by atoms with Crippen molar-refractivity contribution in [3.63, 3.8) is 0 Å². The van der Waals surface area contributed by atoms with E-state index in [9.17, 15) is 0 Å². The van der Waals surface area contributed by atoms with Gasteiger partial charge in [0, 0.05) is 0 Å². The van der Waals surface area contributed by atoms with Gasteiger partial charge in [-0.1, -0.05) is 13.0 Å². The Morgan fingerprint density at radius 2 is 2.33 bits per heavy atom. The molecule has 1 aliphatic rings. The van der Waals surface area contributed by atoms with Crippen LogP contribution in [0.1, 0.15) is 26.7 Å². The molecule has 0 amide bonds. The van der Waals surface area contributed by atoms with E-state index >= 15 is 0 Å². The Morgan fingerprint density at radius 3 is 2.67 bits per heavy atom. The summed E-state index contributed by atoms with van der Waals surface area (Å²) >= 11 is 0. The average Bonchev–Trinajstić information content (AvgIpc) is 2.65. The second-order valence-corrected chi connectivity index (χ2v) is 3.68. The third kappa shape index (κ3) is 2.61. The van der Waals surface area contributed by atoms with E-state index in [1.807, 2.05) is 6.08 Å². The van der Waals surface area contributed by atoms with Crippen LogP contribution in [0.25, 0.3) is 0 Å². The third-order valence-corrected chi connectivity index (χ3v) is 2.42. The van der Waals surface area contributed by atoms with Crippen LogP contribution in [-0.4, -0.2) is 17.5 Å². The molecule has 0 spiro atoms. The van der Waals surface area contributed by atoms with E-state index in [1.165, 1.54) is 6.42 Å². The van der Waals surface area contributed by atoms with Crippen LogP contribution in [0.4, 0.5) is 0 Å². The summed E-state index contributed by atoms with van der Waals surface area (Å²) < 4.78 is 5.37. The number of hydrogen-bond donors (Lipinski definition) is 1. The molecule has 2 heteroatoms. The van der Waals surface area contributed by atoms with Crippen LogP contribution in [0.2, 0.25) is 0 Å². The predicted molar refractivity (Wildman–Crippen MR) is 48.6 cm³/mol. The highest BCUT2D eigenvalue weighted by atomic mass is 16.6. The molecule has 1 aliphatic carbocycles. The molecule has 1 N–H and O–H groups in total. The van der Waals surface area contributed by atoms with E-state index in [0.29, 0.717) is 5.92 Å². The van der Waals surface area contributed by atoms with Gasteiger partial charge >= 0.3 is 0 Å². The summed E-state index contributed by atoms with van der Waals surface area (Å²) in [5.41, 5.74) is 0. The Morgan fingerprint density at radius 1 is 1.75 bits per heavy atom. The molecule has 1 fully saturated rings. The van der Waals surface area contributed by atoms with Gasteiger partial charge in [-0.3, -0.25) is 0 Å². The predicted octanol–water partition coefficient (Wildman–Crippen LogP) is 1.94. The van der Waals surface area contributed by atoms with Gasteiger partial charge in [0.05, 0.1) is 6.10 Å². The molecule has 0 radical (unpaired) electrons. The maximum Gasteiger partial charge on any atom is 0.152 e. The highest BCUT2D eigenvalue weighted by Gasteiger charge is 2.39. The van der Waals surface area contributed by atoms with Crippen molar-refractivity contribution >= 4 is 0 Å². The number of rotatable bonds is 5. The third-order valence-electron chi connectivity index (χ3n) is 2.42. The standard InChI is InChI=1S/C10H18O2/c1-4-5-10(12-8(3)11)9-6-7(9)2/h4,7-11H,1,5-6H2,2-3H3/t7-,8?,9-,10?/m1/s1. The molecule has 0 aromatic carbocycles. The van der Waals surface area contributed by atoms with E-state index in [-0.39, 0.29) is 6.10 Å². The molecule has 12 heavy (non-hydrogen) atoms. The van der Waals surface area contributed by atoms with Crippen molar-refractivity contribution in [2.45, 2.75) is 39.1 Å². The molecule has 70 valence electrons. The van der Waals surface area contributed by atoms with Gasteiger partial charge in [-0.2, -0.15) is 0 Å². The topological polar surface area (TPSA) is 29.5 Å². The lowest BCUT2D eigenvalue weighted by Crippen LogP contribution is -2.21. The fourth-order valence-corrected chi connectivity index (χ4v) is 1.62. The lowest BCUT2D eigenvalue weighted by Gasteiger charge is -2.17. The van der Waals surface area contributed by atoms with Crippen molar-refractivity contribution in [1.29, 1.82) is 0 Å². The number of ether oxygens (including phenoxy) is 1. The van der Waals surface area contributed by atoms with Crippen LogP contribution >= 0.6 is 0 Å². The van der Waals surface area contributed by atoms with E-state index in [0.717, 1.165) is 12.3 Å². The zero-order valence-electron chi connectivity index (χ0n) is 7.86. The van der Waals surface area contributed by atoms with Crippen molar-refractivity contribution in [3.05, 3.63) is 12.7 Å². The van der Waals surface area contributed by atoms with Crippen molar-refractivity contribution in [2.24, 2.45) is 11.8 Å². The number of hydrogen-bond acceptors (Lipinski definition) is 2. The smallest absolute Gasteiger partial charge is 0.152 e. The highest BCUT2D eigenvalue weighted by molar-refractivity contribution is 4.92. The van der Waals surface area contributed by atoms with E-state index in [4.69, 9.17) is 9.84 Å². The monoisotopic (exact) mass is 170 g/mol.